The van der Waals surface area contributed by atoms with Crippen molar-refractivity contribution in [1.29, 1.82) is 0 Å². The van der Waals surface area contributed by atoms with Crippen molar-refractivity contribution in [2.75, 3.05) is 11.8 Å². The van der Waals surface area contributed by atoms with Crippen LogP contribution in [0.5, 0.6) is 5.75 Å². The van der Waals surface area contributed by atoms with Crippen molar-refractivity contribution in [3.8, 4) is 5.75 Å². The van der Waals surface area contributed by atoms with Crippen molar-refractivity contribution in [2.24, 2.45) is 0 Å². The molecular formula is C13H10Br3NO3S. The van der Waals surface area contributed by atoms with Crippen LogP contribution in [-0.2, 0) is 10.0 Å². The zero-order valence-corrected chi connectivity index (χ0v) is 16.3. The third-order valence-corrected chi connectivity index (χ3v) is 5.65. The first kappa shape index (κ1) is 16.8. The van der Waals surface area contributed by atoms with Gasteiger partial charge in [-0.05, 0) is 52.3 Å². The Labute approximate surface area is 148 Å². The van der Waals surface area contributed by atoms with Crippen molar-refractivity contribution >= 4 is 63.5 Å². The topological polar surface area (TPSA) is 55.4 Å². The highest BCUT2D eigenvalue weighted by molar-refractivity contribution is 9.11. The van der Waals surface area contributed by atoms with Crippen LogP contribution < -0.4 is 9.46 Å². The standard InChI is InChI=1S/C13H10Br3NO3S/c1-20-12-5-3-9(15)7-13(12)21(18,19)17-11-6-8(14)2-4-10(11)16/h2-7,17H,1H3. The zero-order chi connectivity index (χ0) is 15.6. The average Bonchev–Trinajstić information content (AvgIpc) is 2.42. The first-order chi connectivity index (χ1) is 9.83. The lowest BCUT2D eigenvalue weighted by molar-refractivity contribution is 0.403. The van der Waals surface area contributed by atoms with E-state index in [4.69, 9.17) is 4.74 Å². The second kappa shape index (κ2) is 6.68. The van der Waals surface area contributed by atoms with Crippen LogP contribution >= 0.6 is 47.8 Å². The Hall–Kier alpha value is -0.570. The van der Waals surface area contributed by atoms with Crippen molar-refractivity contribution in [1.82, 2.24) is 0 Å². The average molecular weight is 500 g/mol. The molecule has 0 saturated carbocycles. The van der Waals surface area contributed by atoms with Gasteiger partial charge in [-0.15, -0.1) is 0 Å². The second-order valence-electron chi connectivity index (χ2n) is 4.02. The summed E-state index contributed by atoms with van der Waals surface area (Å²) in [7, 11) is -2.35. The van der Waals surface area contributed by atoms with E-state index < -0.39 is 10.0 Å². The van der Waals surface area contributed by atoms with Crippen LogP contribution in [0.4, 0.5) is 5.69 Å². The maximum absolute atomic E-state index is 12.5. The summed E-state index contributed by atoms with van der Waals surface area (Å²) in [5.41, 5.74) is 0.436. The molecule has 0 fully saturated rings. The lowest BCUT2D eigenvalue weighted by atomic mass is 10.3. The molecule has 0 amide bonds. The Balaban J connectivity index is 2.48. The molecule has 8 heteroatoms. The van der Waals surface area contributed by atoms with Gasteiger partial charge in [-0.2, -0.15) is 0 Å². The van der Waals surface area contributed by atoms with Crippen LogP contribution in [0.2, 0.25) is 0 Å². The van der Waals surface area contributed by atoms with Crippen molar-refractivity contribution in [2.45, 2.75) is 4.90 Å². The summed E-state index contributed by atoms with van der Waals surface area (Å²) in [6, 6.07) is 10.0. The van der Waals surface area contributed by atoms with Crippen LogP contribution in [0.25, 0.3) is 0 Å². The predicted molar refractivity (Wildman–Crippen MR) is 93.3 cm³/mol. The number of ether oxygens (including phenoxy) is 1. The minimum Gasteiger partial charge on any atom is -0.495 e. The van der Waals surface area contributed by atoms with Crippen LogP contribution in [-0.4, -0.2) is 15.5 Å². The molecule has 0 aliphatic rings. The number of hydrogen-bond donors (Lipinski definition) is 1. The first-order valence-electron chi connectivity index (χ1n) is 5.65. The fourth-order valence-corrected chi connectivity index (χ4v) is 4.25. The molecule has 0 heterocycles. The summed E-state index contributed by atoms with van der Waals surface area (Å²) in [6.45, 7) is 0. The molecule has 2 rings (SSSR count). The molecule has 0 aromatic heterocycles. The Kier molecular flexibility index (Phi) is 5.34. The third kappa shape index (κ3) is 4.00. The van der Waals surface area contributed by atoms with Gasteiger partial charge in [-0.25, -0.2) is 8.42 Å². The Morgan fingerprint density at radius 2 is 1.62 bits per heavy atom. The number of hydrogen-bond acceptors (Lipinski definition) is 3. The maximum Gasteiger partial charge on any atom is 0.265 e. The fourth-order valence-electron chi connectivity index (χ4n) is 1.64. The number of sulfonamides is 1. The summed E-state index contributed by atoms with van der Waals surface area (Å²) in [6.07, 6.45) is 0. The molecule has 112 valence electrons. The van der Waals surface area contributed by atoms with E-state index in [0.29, 0.717) is 14.6 Å². The molecule has 0 unspecified atom stereocenters. The molecule has 0 aliphatic heterocycles. The fraction of sp³-hybridized carbons (Fsp3) is 0.0769. The van der Waals surface area contributed by atoms with E-state index in [1.54, 1.807) is 24.3 Å². The SMILES string of the molecule is COc1ccc(Br)cc1S(=O)(=O)Nc1cc(Br)ccc1Br. The highest BCUT2D eigenvalue weighted by Crippen LogP contribution is 2.32. The van der Waals surface area contributed by atoms with E-state index in [9.17, 15) is 8.42 Å². The number of methoxy groups -OCH3 is 1. The summed E-state index contributed by atoms with van der Waals surface area (Å²) >= 11 is 9.89. The molecule has 0 aliphatic carbocycles. The Bertz CT molecular complexity index is 778. The lowest BCUT2D eigenvalue weighted by Gasteiger charge is -2.13. The quantitative estimate of drug-likeness (QED) is 0.658. The molecule has 2 aromatic carbocycles. The van der Waals surface area contributed by atoms with E-state index in [-0.39, 0.29) is 10.6 Å². The number of halogens is 3. The predicted octanol–water partition coefficient (Wildman–Crippen LogP) is 4.78. The van der Waals surface area contributed by atoms with Gasteiger partial charge in [-0.1, -0.05) is 31.9 Å². The molecular weight excluding hydrogens is 490 g/mol. The van der Waals surface area contributed by atoms with E-state index >= 15 is 0 Å². The monoisotopic (exact) mass is 497 g/mol. The van der Waals surface area contributed by atoms with Gasteiger partial charge in [0.15, 0.2) is 0 Å². The van der Waals surface area contributed by atoms with Gasteiger partial charge in [0.05, 0.1) is 12.8 Å². The maximum atomic E-state index is 12.5. The molecule has 4 nitrogen and oxygen atoms in total. The normalized spacial score (nSPS) is 11.2. The minimum atomic E-state index is -3.77. The molecule has 21 heavy (non-hydrogen) atoms. The van der Waals surface area contributed by atoms with Gasteiger partial charge >= 0.3 is 0 Å². The number of rotatable bonds is 4. The van der Waals surface area contributed by atoms with Gasteiger partial charge in [0.2, 0.25) is 0 Å². The molecule has 0 saturated heterocycles. The molecule has 1 N–H and O–H groups in total. The zero-order valence-electron chi connectivity index (χ0n) is 10.7. The second-order valence-corrected chi connectivity index (χ2v) is 8.36. The number of anilines is 1. The molecule has 0 atom stereocenters. The molecule has 0 spiro atoms. The minimum absolute atomic E-state index is 0.0613. The van der Waals surface area contributed by atoms with Crippen LogP contribution in [0, 0.1) is 0 Å². The van der Waals surface area contributed by atoms with E-state index in [1.807, 2.05) is 6.07 Å². The first-order valence-corrected chi connectivity index (χ1v) is 9.51. The van der Waals surface area contributed by atoms with Crippen LogP contribution in [0.1, 0.15) is 0 Å². The van der Waals surface area contributed by atoms with E-state index in [1.165, 1.54) is 13.2 Å². The highest BCUT2D eigenvalue weighted by atomic mass is 79.9. The van der Waals surface area contributed by atoms with Crippen molar-refractivity contribution in [3.63, 3.8) is 0 Å². The van der Waals surface area contributed by atoms with Crippen molar-refractivity contribution < 1.29 is 13.2 Å². The lowest BCUT2D eigenvalue weighted by Crippen LogP contribution is -2.14. The van der Waals surface area contributed by atoms with Gasteiger partial charge in [0, 0.05) is 13.4 Å². The van der Waals surface area contributed by atoms with Crippen LogP contribution in [0.15, 0.2) is 54.7 Å². The number of nitrogens with one attached hydrogen (secondary N) is 1. The molecule has 2 aromatic rings. The van der Waals surface area contributed by atoms with Gasteiger partial charge in [-0.3, -0.25) is 4.72 Å². The number of benzene rings is 2. The smallest absolute Gasteiger partial charge is 0.265 e. The van der Waals surface area contributed by atoms with Gasteiger partial charge in [0.25, 0.3) is 10.0 Å². The third-order valence-electron chi connectivity index (χ3n) is 2.59. The summed E-state index contributed by atoms with van der Waals surface area (Å²) in [4.78, 5) is 0.0613. The van der Waals surface area contributed by atoms with Gasteiger partial charge < -0.3 is 4.74 Å². The van der Waals surface area contributed by atoms with E-state index in [2.05, 4.69) is 52.5 Å². The summed E-state index contributed by atoms with van der Waals surface area (Å²) in [5.74, 6) is 0.275. The van der Waals surface area contributed by atoms with Crippen molar-refractivity contribution in [3.05, 3.63) is 49.8 Å². The molecule has 0 radical (unpaired) electrons. The van der Waals surface area contributed by atoms with Crippen LogP contribution in [0.3, 0.4) is 0 Å². The highest BCUT2D eigenvalue weighted by Gasteiger charge is 2.21. The largest absolute Gasteiger partial charge is 0.495 e. The van der Waals surface area contributed by atoms with E-state index in [0.717, 1.165) is 4.47 Å². The summed E-state index contributed by atoms with van der Waals surface area (Å²) < 4.78 is 34.8. The summed E-state index contributed by atoms with van der Waals surface area (Å²) in [5, 5.41) is 0. The van der Waals surface area contributed by atoms with Gasteiger partial charge in [0.1, 0.15) is 10.6 Å². The Morgan fingerprint density at radius 1 is 1.00 bits per heavy atom. The Morgan fingerprint density at radius 3 is 2.29 bits per heavy atom. The molecule has 0 bridgehead atoms.